The smallest absolute Gasteiger partial charge is 0.225 e. The zero-order chi connectivity index (χ0) is 16.2. The molecule has 0 aliphatic rings. The van der Waals surface area contributed by atoms with E-state index in [0.717, 1.165) is 22.9 Å². The van der Waals surface area contributed by atoms with E-state index in [4.69, 9.17) is 0 Å². The molecule has 0 atom stereocenters. The first-order chi connectivity index (χ1) is 11.2. The van der Waals surface area contributed by atoms with Crippen molar-refractivity contribution in [3.8, 4) is 11.4 Å². The summed E-state index contributed by atoms with van der Waals surface area (Å²) in [6, 6.07) is 14.0. The molecule has 2 aromatic heterocycles. The molecule has 2 heterocycles. The topological polar surface area (TPSA) is 62.7 Å². The van der Waals surface area contributed by atoms with Crippen LogP contribution in [0.3, 0.4) is 0 Å². The van der Waals surface area contributed by atoms with Gasteiger partial charge in [-0.2, -0.15) is 4.98 Å². The van der Waals surface area contributed by atoms with Gasteiger partial charge in [-0.3, -0.25) is 4.98 Å². The molecule has 23 heavy (non-hydrogen) atoms. The summed E-state index contributed by atoms with van der Waals surface area (Å²) in [6.07, 6.45) is 1.76. The van der Waals surface area contributed by atoms with Crippen molar-refractivity contribution in [2.75, 3.05) is 17.7 Å². The van der Waals surface area contributed by atoms with Crippen LogP contribution in [0.1, 0.15) is 11.1 Å². The predicted octanol–water partition coefficient (Wildman–Crippen LogP) is 3.94. The summed E-state index contributed by atoms with van der Waals surface area (Å²) in [5, 5.41) is 6.38. The Kier molecular flexibility index (Phi) is 4.19. The summed E-state index contributed by atoms with van der Waals surface area (Å²) in [5.74, 6) is 1.29. The minimum absolute atomic E-state index is 0.556. The third kappa shape index (κ3) is 3.45. The van der Waals surface area contributed by atoms with Gasteiger partial charge in [-0.15, -0.1) is 0 Å². The van der Waals surface area contributed by atoms with E-state index in [1.54, 1.807) is 13.2 Å². The Balaban J connectivity index is 2.00. The van der Waals surface area contributed by atoms with Crippen LogP contribution in [0.25, 0.3) is 11.4 Å². The SMILES string of the molecule is CNc1nc(Nc2cc(C)ccc2C)cc(-c2ccccn2)n1. The first-order valence-electron chi connectivity index (χ1n) is 7.48. The van der Waals surface area contributed by atoms with Crippen molar-refractivity contribution < 1.29 is 0 Å². The molecule has 0 aliphatic carbocycles. The van der Waals surface area contributed by atoms with Crippen molar-refractivity contribution >= 4 is 17.5 Å². The van der Waals surface area contributed by atoms with Gasteiger partial charge >= 0.3 is 0 Å². The second-order valence-electron chi connectivity index (χ2n) is 5.37. The fraction of sp³-hybridized carbons (Fsp3) is 0.167. The third-order valence-corrected chi connectivity index (χ3v) is 3.53. The summed E-state index contributed by atoms with van der Waals surface area (Å²) in [5.41, 5.74) is 5.00. The number of nitrogens with one attached hydrogen (secondary N) is 2. The van der Waals surface area contributed by atoms with Crippen LogP contribution < -0.4 is 10.6 Å². The van der Waals surface area contributed by atoms with Crippen LogP contribution in [0.15, 0.2) is 48.7 Å². The number of pyridine rings is 1. The van der Waals surface area contributed by atoms with Gasteiger partial charge in [0.05, 0.1) is 11.4 Å². The summed E-state index contributed by atoms with van der Waals surface area (Å²) in [6.45, 7) is 4.14. The zero-order valence-corrected chi connectivity index (χ0v) is 13.5. The molecule has 3 rings (SSSR count). The fourth-order valence-corrected chi connectivity index (χ4v) is 2.28. The average Bonchev–Trinajstić information content (AvgIpc) is 2.58. The quantitative estimate of drug-likeness (QED) is 0.764. The van der Waals surface area contributed by atoms with Gasteiger partial charge in [-0.05, 0) is 43.2 Å². The molecule has 0 aliphatic heterocycles. The maximum Gasteiger partial charge on any atom is 0.225 e. The Hall–Kier alpha value is -2.95. The number of rotatable bonds is 4. The van der Waals surface area contributed by atoms with Crippen molar-refractivity contribution in [3.63, 3.8) is 0 Å². The van der Waals surface area contributed by atoms with Gasteiger partial charge in [-0.1, -0.05) is 18.2 Å². The van der Waals surface area contributed by atoms with E-state index in [-0.39, 0.29) is 0 Å². The number of anilines is 3. The van der Waals surface area contributed by atoms with Crippen LogP contribution in [0.5, 0.6) is 0 Å². The Morgan fingerprint density at radius 2 is 1.78 bits per heavy atom. The number of hydrogen-bond acceptors (Lipinski definition) is 5. The summed E-state index contributed by atoms with van der Waals surface area (Å²) < 4.78 is 0. The second kappa shape index (κ2) is 6.44. The highest BCUT2D eigenvalue weighted by Crippen LogP contribution is 2.24. The van der Waals surface area contributed by atoms with Crippen molar-refractivity contribution in [3.05, 3.63) is 59.8 Å². The van der Waals surface area contributed by atoms with Crippen LogP contribution in [-0.4, -0.2) is 22.0 Å². The van der Waals surface area contributed by atoms with E-state index in [1.165, 1.54) is 11.1 Å². The number of aryl methyl sites for hydroxylation is 2. The number of hydrogen-bond donors (Lipinski definition) is 2. The summed E-state index contributed by atoms with van der Waals surface area (Å²) >= 11 is 0. The van der Waals surface area contributed by atoms with Gasteiger partial charge in [0.15, 0.2) is 0 Å². The zero-order valence-electron chi connectivity index (χ0n) is 13.5. The Morgan fingerprint density at radius 1 is 0.913 bits per heavy atom. The summed E-state index contributed by atoms with van der Waals surface area (Å²) in [4.78, 5) is 13.3. The highest BCUT2D eigenvalue weighted by Gasteiger charge is 2.08. The average molecular weight is 305 g/mol. The molecule has 0 saturated carbocycles. The lowest BCUT2D eigenvalue weighted by Crippen LogP contribution is -2.03. The standard InChI is InChI=1S/C18H19N5/c1-12-7-8-13(2)15(10-12)21-17-11-16(22-18(19-3)23-17)14-6-4-5-9-20-14/h4-11H,1-3H3,(H2,19,21,22,23). The molecular formula is C18H19N5. The maximum atomic E-state index is 4.48. The monoisotopic (exact) mass is 305 g/mol. The van der Waals surface area contributed by atoms with E-state index in [1.807, 2.05) is 24.3 Å². The minimum atomic E-state index is 0.556. The predicted molar refractivity (Wildman–Crippen MR) is 94.0 cm³/mol. The highest BCUT2D eigenvalue weighted by atomic mass is 15.1. The Labute approximate surface area is 135 Å². The molecule has 5 heteroatoms. The van der Waals surface area contributed by atoms with Crippen LogP contribution in [0.4, 0.5) is 17.5 Å². The molecule has 0 amide bonds. The van der Waals surface area contributed by atoms with E-state index >= 15 is 0 Å². The second-order valence-corrected chi connectivity index (χ2v) is 5.37. The van der Waals surface area contributed by atoms with Gasteiger partial charge in [0.25, 0.3) is 0 Å². The number of nitrogens with zero attached hydrogens (tertiary/aromatic N) is 3. The van der Waals surface area contributed by atoms with Gasteiger partial charge in [-0.25, -0.2) is 4.98 Å². The van der Waals surface area contributed by atoms with Crippen LogP contribution >= 0.6 is 0 Å². The van der Waals surface area contributed by atoms with E-state index in [0.29, 0.717) is 5.95 Å². The van der Waals surface area contributed by atoms with Crippen molar-refractivity contribution in [1.82, 2.24) is 15.0 Å². The van der Waals surface area contributed by atoms with Crippen molar-refractivity contribution in [1.29, 1.82) is 0 Å². The molecule has 3 aromatic rings. The van der Waals surface area contributed by atoms with Crippen LogP contribution in [-0.2, 0) is 0 Å². The fourth-order valence-electron chi connectivity index (χ4n) is 2.28. The van der Waals surface area contributed by atoms with E-state index < -0.39 is 0 Å². The molecule has 1 aromatic carbocycles. The van der Waals surface area contributed by atoms with Gasteiger partial charge in [0.1, 0.15) is 5.82 Å². The summed E-state index contributed by atoms with van der Waals surface area (Å²) in [7, 11) is 1.80. The largest absolute Gasteiger partial charge is 0.357 e. The molecule has 0 radical (unpaired) electrons. The minimum Gasteiger partial charge on any atom is -0.357 e. The van der Waals surface area contributed by atoms with Gasteiger partial charge in [0, 0.05) is 25.0 Å². The number of aromatic nitrogens is 3. The molecule has 0 bridgehead atoms. The molecule has 116 valence electrons. The van der Waals surface area contributed by atoms with E-state index in [9.17, 15) is 0 Å². The van der Waals surface area contributed by atoms with Crippen LogP contribution in [0, 0.1) is 13.8 Å². The third-order valence-electron chi connectivity index (χ3n) is 3.53. The highest BCUT2D eigenvalue weighted by molar-refractivity contribution is 5.67. The van der Waals surface area contributed by atoms with E-state index in [2.05, 4.69) is 57.6 Å². The lowest BCUT2D eigenvalue weighted by molar-refractivity contribution is 1.14. The van der Waals surface area contributed by atoms with Crippen molar-refractivity contribution in [2.45, 2.75) is 13.8 Å². The van der Waals surface area contributed by atoms with Gasteiger partial charge < -0.3 is 10.6 Å². The van der Waals surface area contributed by atoms with Crippen molar-refractivity contribution in [2.24, 2.45) is 0 Å². The first kappa shape index (κ1) is 15.0. The molecule has 2 N–H and O–H groups in total. The Bertz CT molecular complexity index is 815. The molecule has 0 spiro atoms. The number of benzene rings is 1. The molecule has 0 saturated heterocycles. The normalized spacial score (nSPS) is 10.4. The molecule has 0 fully saturated rings. The lowest BCUT2D eigenvalue weighted by atomic mass is 10.1. The Morgan fingerprint density at radius 3 is 2.52 bits per heavy atom. The molecule has 0 unspecified atom stereocenters. The first-order valence-corrected chi connectivity index (χ1v) is 7.48. The lowest BCUT2D eigenvalue weighted by Gasteiger charge is -2.12. The maximum absolute atomic E-state index is 4.48. The molecular weight excluding hydrogens is 286 g/mol. The molecule has 5 nitrogen and oxygen atoms in total. The van der Waals surface area contributed by atoms with Crippen LogP contribution in [0.2, 0.25) is 0 Å². The van der Waals surface area contributed by atoms with Gasteiger partial charge in [0.2, 0.25) is 5.95 Å².